The van der Waals surface area contributed by atoms with E-state index in [1.807, 2.05) is 6.07 Å². The summed E-state index contributed by atoms with van der Waals surface area (Å²) in [5, 5.41) is 16.9. The Hall–Kier alpha value is -2.08. The molecule has 0 aromatic heterocycles. The molecule has 0 fully saturated rings. The Labute approximate surface area is 81.9 Å². The lowest BCUT2D eigenvalue weighted by atomic mass is 10.1. The van der Waals surface area contributed by atoms with E-state index in [1.165, 1.54) is 0 Å². The summed E-state index contributed by atoms with van der Waals surface area (Å²) in [6.45, 7) is 0. The van der Waals surface area contributed by atoms with Crippen LogP contribution in [0, 0.1) is 11.3 Å². The number of hydrogen-bond acceptors (Lipinski definition) is 2. The van der Waals surface area contributed by atoms with Crippen LogP contribution in [0.2, 0.25) is 0 Å². The zero-order valence-corrected chi connectivity index (χ0v) is 7.47. The van der Waals surface area contributed by atoms with Gasteiger partial charge in [-0.15, -0.1) is 0 Å². The van der Waals surface area contributed by atoms with Gasteiger partial charge in [0.2, 0.25) is 0 Å². The average Bonchev–Trinajstić information content (AvgIpc) is 2.18. The Kier molecular flexibility index (Phi) is 3.45. The fourth-order valence-corrected chi connectivity index (χ4v) is 0.965. The van der Waals surface area contributed by atoms with Crippen molar-refractivity contribution in [1.29, 1.82) is 5.26 Å². The Balaban J connectivity index is 2.65. The minimum absolute atomic E-state index is 0.0139. The van der Waals surface area contributed by atoms with Crippen molar-refractivity contribution in [3.05, 3.63) is 41.5 Å². The molecular weight excluding hydrogens is 178 g/mol. The molecule has 1 N–H and O–H groups in total. The standard InChI is InChI=1S/C11H9NO2/c12-8-10-6-4-9(5-7-10)2-1-3-11(13)14/h1-2,4-7H,3H2,(H,13,14). The van der Waals surface area contributed by atoms with Crippen molar-refractivity contribution in [3.63, 3.8) is 0 Å². The van der Waals surface area contributed by atoms with Crippen LogP contribution < -0.4 is 0 Å². The lowest BCUT2D eigenvalue weighted by Gasteiger charge is -1.92. The minimum atomic E-state index is -0.852. The van der Waals surface area contributed by atoms with Gasteiger partial charge < -0.3 is 5.11 Å². The van der Waals surface area contributed by atoms with Crippen molar-refractivity contribution in [2.24, 2.45) is 0 Å². The highest BCUT2D eigenvalue weighted by Crippen LogP contribution is 2.05. The molecule has 14 heavy (non-hydrogen) atoms. The van der Waals surface area contributed by atoms with Crippen molar-refractivity contribution in [2.45, 2.75) is 6.42 Å². The summed E-state index contributed by atoms with van der Waals surface area (Å²) in [6, 6.07) is 8.95. The maximum absolute atomic E-state index is 10.2. The number of benzene rings is 1. The van der Waals surface area contributed by atoms with Crippen LogP contribution in [0.5, 0.6) is 0 Å². The molecule has 70 valence electrons. The minimum Gasteiger partial charge on any atom is -0.481 e. The van der Waals surface area contributed by atoms with Gasteiger partial charge in [0.05, 0.1) is 18.1 Å². The van der Waals surface area contributed by atoms with Crippen molar-refractivity contribution < 1.29 is 9.90 Å². The molecule has 0 atom stereocenters. The van der Waals surface area contributed by atoms with Crippen molar-refractivity contribution >= 4 is 12.0 Å². The zero-order valence-electron chi connectivity index (χ0n) is 7.47. The molecule has 0 bridgehead atoms. The maximum Gasteiger partial charge on any atom is 0.307 e. The van der Waals surface area contributed by atoms with Crippen molar-refractivity contribution in [2.75, 3.05) is 0 Å². The molecule has 0 aliphatic rings. The van der Waals surface area contributed by atoms with E-state index in [0.717, 1.165) is 5.56 Å². The third kappa shape index (κ3) is 3.11. The van der Waals surface area contributed by atoms with Gasteiger partial charge in [0.1, 0.15) is 0 Å². The van der Waals surface area contributed by atoms with Gasteiger partial charge in [0.15, 0.2) is 0 Å². The normalized spacial score (nSPS) is 9.93. The molecule has 0 aliphatic heterocycles. The smallest absolute Gasteiger partial charge is 0.307 e. The zero-order chi connectivity index (χ0) is 10.4. The van der Waals surface area contributed by atoms with E-state index in [-0.39, 0.29) is 6.42 Å². The Bertz CT molecular complexity index is 385. The number of rotatable bonds is 3. The first-order valence-corrected chi connectivity index (χ1v) is 4.11. The highest BCUT2D eigenvalue weighted by Gasteiger charge is 1.91. The molecule has 0 saturated carbocycles. The van der Waals surface area contributed by atoms with Crippen LogP contribution in [-0.2, 0) is 4.79 Å². The first-order valence-electron chi connectivity index (χ1n) is 4.11. The van der Waals surface area contributed by atoms with Gasteiger partial charge in [-0.25, -0.2) is 0 Å². The summed E-state index contributed by atoms with van der Waals surface area (Å²) in [5.41, 5.74) is 1.49. The number of carboxylic acid groups (broad SMARTS) is 1. The van der Waals surface area contributed by atoms with Crippen LogP contribution in [-0.4, -0.2) is 11.1 Å². The van der Waals surface area contributed by atoms with Crippen molar-refractivity contribution in [3.8, 4) is 6.07 Å². The van der Waals surface area contributed by atoms with Crippen LogP contribution in [0.3, 0.4) is 0 Å². The second-order valence-corrected chi connectivity index (χ2v) is 2.73. The van der Waals surface area contributed by atoms with Crippen LogP contribution in [0.4, 0.5) is 0 Å². The monoisotopic (exact) mass is 187 g/mol. The summed E-state index contributed by atoms with van der Waals surface area (Å²) in [5.74, 6) is -0.852. The predicted molar refractivity (Wildman–Crippen MR) is 52.4 cm³/mol. The fourth-order valence-electron chi connectivity index (χ4n) is 0.965. The summed E-state index contributed by atoms with van der Waals surface area (Å²) in [4.78, 5) is 10.2. The molecule has 3 heteroatoms. The quantitative estimate of drug-likeness (QED) is 0.787. The Morgan fingerprint density at radius 3 is 2.57 bits per heavy atom. The van der Waals surface area contributed by atoms with Gasteiger partial charge in [-0.2, -0.15) is 5.26 Å². The third-order valence-electron chi connectivity index (χ3n) is 1.64. The predicted octanol–water partition coefficient (Wildman–Crippen LogP) is 2.05. The topological polar surface area (TPSA) is 61.1 Å². The molecule has 0 unspecified atom stereocenters. The van der Waals surface area contributed by atoms with E-state index in [4.69, 9.17) is 10.4 Å². The number of hydrogen-bond donors (Lipinski definition) is 1. The summed E-state index contributed by atoms with van der Waals surface area (Å²) >= 11 is 0. The second kappa shape index (κ2) is 4.83. The molecule has 1 rings (SSSR count). The van der Waals surface area contributed by atoms with Crippen LogP contribution in [0.25, 0.3) is 6.08 Å². The Morgan fingerprint density at radius 2 is 2.07 bits per heavy atom. The van der Waals surface area contributed by atoms with Crippen LogP contribution in [0.15, 0.2) is 30.3 Å². The number of nitrogens with zero attached hydrogens (tertiary/aromatic N) is 1. The van der Waals surface area contributed by atoms with E-state index >= 15 is 0 Å². The first kappa shape index (κ1) is 10.0. The van der Waals surface area contributed by atoms with Crippen LogP contribution in [0.1, 0.15) is 17.5 Å². The van der Waals surface area contributed by atoms with E-state index in [0.29, 0.717) is 5.56 Å². The molecular formula is C11H9NO2. The molecule has 0 spiro atoms. The maximum atomic E-state index is 10.2. The molecule has 0 amide bonds. The molecule has 0 heterocycles. The molecule has 0 radical (unpaired) electrons. The summed E-state index contributed by atoms with van der Waals surface area (Å²) in [7, 11) is 0. The number of carbonyl (C=O) groups is 1. The van der Waals surface area contributed by atoms with E-state index in [1.54, 1.807) is 36.4 Å². The number of nitriles is 1. The molecule has 0 aliphatic carbocycles. The first-order chi connectivity index (χ1) is 6.72. The highest BCUT2D eigenvalue weighted by molar-refractivity contribution is 5.70. The summed E-state index contributed by atoms with van der Waals surface area (Å²) in [6.07, 6.45) is 3.30. The fraction of sp³-hybridized carbons (Fsp3) is 0.0909. The van der Waals surface area contributed by atoms with Gasteiger partial charge in [0.25, 0.3) is 0 Å². The largest absolute Gasteiger partial charge is 0.481 e. The number of carboxylic acids is 1. The van der Waals surface area contributed by atoms with E-state index < -0.39 is 5.97 Å². The van der Waals surface area contributed by atoms with E-state index in [2.05, 4.69) is 0 Å². The lowest BCUT2D eigenvalue weighted by Crippen LogP contribution is -1.89. The van der Waals surface area contributed by atoms with Crippen molar-refractivity contribution in [1.82, 2.24) is 0 Å². The van der Waals surface area contributed by atoms with Gasteiger partial charge in [-0.1, -0.05) is 24.3 Å². The third-order valence-corrected chi connectivity index (χ3v) is 1.64. The highest BCUT2D eigenvalue weighted by atomic mass is 16.4. The average molecular weight is 187 g/mol. The molecule has 1 aromatic rings. The van der Waals surface area contributed by atoms with Gasteiger partial charge in [-0.05, 0) is 17.7 Å². The lowest BCUT2D eigenvalue weighted by molar-refractivity contribution is -0.135. The Morgan fingerprint density at radius 1 is 1.43 bits per heavy atom. The van der Waals surface area contributed by atoms with Gasteiger partial charge in [0, 0.05) is 0 Å². The molecule has 3 nitrogen and oxygen atoms in total. The molecule has 0 saturated heterocycles. The van der Waals surface area contributed by atoms with Gasteiger partial charge >= 0.3 is 5.97 Å². The SMILES string of the molecule is N#Cc1ccc(C=CCC(=O)O)cc1. The number of aliphatic carboxylic acids is 1. The molecule has 1 aromatic carbocycles. The van der Waals surface area contributed by atoms with E-state index in [9.17, 15) is 4.79 Å². The summed E-state index contributed by atoms with van der Waals surface area (Å²) < 4.78 is 0. The van der Waals surface area contributed by atoms with Crippen LogP contribution >= 0.6 is 0 Å². The second-order valence-electron chi connectivity index (χ2n) is 2.73. The van der Waals surface area contributed by atoms with Gasteiger partial charge in [-0.3, -0.25) is 4.79 Å².